The number of nitrogens with zero attached hydrogens (tertiary/aromatic N) is 3. The van der Waals surface area contributed by atoms with Gasteiger partial charge in [0.25, 0.3) is 0 Å². The molecule has 0 aliphatic carbocycles. The van der Waals surface area contributed by atoms with Crippen molar-refractivity contribution in [3.05, 3.63) is 48.0 Å². The molecule has 0 bridgehead atoms. The molecule has 2 aromatic rings. The minimum atomic E-state index is -4.47. The molecule has 0 amide bonds. The summed E-state index contributed by atoms with van der Waals surface area (Å²) in [5.74, 6) is 0. The number of rotatable bonds is 8. The van der Waals surface area contributed by atoms with E-state index in [-0.39, 0.29) is 6.54 Å². The highest BCUT2D eigenvalue weighted by atomic mass is 32.2. The average molecular weight is 600 g/mol. The summed E-state index contributed by atoms with van der Waals surface area (Å²) in [4.78, 5) is 7.69. The van der Waals surface area contributed by atoms with Crippen LogP contribution in [0, 0.1) is 0 Å². The Kier molecular flexibility index (Phi) is 9.48. The first-order valence-electron chi connectivity index (χ1n) is 13.7. The second-order valence-corrected chi connectivity index (χ2v) is 11.9. The lowest BCUT2D eigenvalue weighted by Crippen LogP contribution is -2.59. The second kappa shape index (κ2) is 12.7. The number of benzene rings is 2. The first-order valence-corrected chi connectivity index (χ1v) is 14.6. The second-order valence-electron chi connectivity index (χ2n) is 10.8. The topological polar surface area (TPSA) is 120 Å². The lowest BCUT2D eigenvalue weighted by Gasteiger charge is -2.41. The summed E-state index contributed by atoms with van der Waals surface area (Å²) in [7, 11) is 0. The van der Waals surface area contributed by atoms with Crippen molar-refractivity contribution in [3.63, 3.8) is 0 Å². The number of aliphatic hydroxyl groups is 5. The molecule has 0 aromatic heterocycles. The standard InChI is InChI=1S/C28H36F3N3O6S/c29-28(30,31)17-5-6-24-20(13-17)34(19-3-1-2-4-23(19)41-24)15-18(36)14-33-11-9-32(10-12-33)8-7-21-25(37)27(39)26(38)22(16-35)40-21/h1-6,13,18,21-22,25-27,35-39H,7-12,14-16H2/t18?,21?,22-,25+,26-,27-/m1/s1. The van der Waals surface area contributed by atoms with Crippen LogP contribution in [0.1, 0.15) is 12.0 Å². The molecule has 226 valence electrons. The fourth-order valence-electron chi connectivity index (χ4n) is 5.69. The maximum atomic E-state index is 13.5. The molecular weight excluding hydrogens is 563 g/mol. The van der Waals surface area contributed by atoms with E-state index in [1.807, 2.05) is 24.3 Å². The van der Waals surface area contributed by atoms with Crippen molar-refractivity contribution < 1.29 is 43.4 Å². The Morgan fingerprint density at radius 3 is 2.22 bits per heavy atom. The van der Waals surface area contributed by atoms with Gasteiger partial charge in [-0.25, -0.2) is 0 Å². The highest BCUT2D eigenvalue weighted by molar-refractivity contribution is 7.99. The normalized spacial score (nSPS) is 28.3. The lowest BCUT2D eigenvalue weighted by atomic mass is 9.93. The number of ether oxygens (including phenoxy) is 1. The molecular formula is C28H36F3N3O6S. The highest BCUT2D eigenvalue weighted by Gasteiger charge is 2.43. The van der Waals surface area contributed by atoms with Crippen LogP contribution >= 0.6 is 11.8 Å². The zero-order valence-corrected chi connectivity index (χ0v) is 23.2. The summed E-state index contributed by atoms with van der Waals surface area (Å²) in [5.41, 5.74) is 0.470. The average Bonchev–Trinajstić information content (AvgIpc) is 2.95. The molecule has 13 heteroatoms. The van der Waals surface area contributed by atoms with Gasteiger partial charge in [-0.1, -0.05) is 23.9 Å². The maximum absolute atomic E-state index is 13.5. The Balaban J connectivity index is 1.16. The summed E-state index contributed by atoms with van der Waals surface area (Å²) in [6, 6.07) is 11.2. The first-order chi connectivity index (χ1) is 19.5. The van der Waals surface area contributed by atoms with Gasteiger partial charge in [-0.3, -0.25) is 4.90 Å². The fourth-order valence-corrected chi connectivity index (χ4v) is 6.77. The van der Waals surface area contributed by atoms with Crippen LogP contribution in [-0.2, 0) is 10.9 Å². The Morgan fingerprint density at radius 2 is 1.51 bits per heavy atom. The minimum absolute atomic E-state index is 0.142. The molecule has 2 fully saturated rings. The smallest absolute Gasteiger partial charge is 0.394 e. The summed E-state index contributed by atoms with van der Waals surface area (Å²) >= 11 is 1.42. The molecule has 9 nitrogen and oxygen atoms in total. The molecule has 2 aromatic carbocycles. The van der Waals surface area contributed by atoms with E-state index in [4.69, 9.17) is 4.74 Å². The molecule has 5 N–H and O–H groups in total. The molecule has 2 saturated heterocycles. The monoisotopic (exact) mass is 599 g/mol. The Labute approximate surface area is 240 Å². The van der Waals surface area contributed by atoms with E-state index >= 15 is 0 Å². The minimum Gasteiger partial charge on any atom is -0.394 e. The van der Waals surface area contributed by atoms with Crippen molar-refractivity contribution in [1.29, 1.82) is 0 Å². The van der Waals surface area contributed by atoms with Crippen molar-refractivity contribution in [2.45, 2.75) is 59.0 Å². The number of hydrogen-bond donors (Lipinski definition) is 5. The molecule has 3 aliphatic heterocycles. The number of para-hydroxylation sites is 1. The van der Waals surface area contributed by atoms with Gasteiger partial charge < -0.3 is 40.1 Å². The van der Waals surface area contributed by atoms with E-state index in [1.54, 1.807) is 4.90 Å². The molecule has 2 unspecified atom stereocenters. The van der Waals surface area contributed by atoms with Crippen LogP contribution in [0.15, 0.2) is 52.3 Å². The number of piperazine rings is 1. The Morgan fingerprint density at radius 1 is 0.854 bits per heavy atom. The van der Waals surface area contributed by atoms with E-state index < -0.39 is 55.0 Å². The SMILES string of the molecule is OC[C@H]1OC(CCN2CCN(CC(O)CN3c4ccccc4Sc4ccc(C(F)(F)F)cc43)CC2)[C@H](O)[C@@H](O)[C@@H]1O. The molecule has 0 saturated carbocycles. The van der Waals surface area contributed by atoms with Gasteiger partial charge in [0.05, 0.1) is 42.3 Å². The zero-order chi connectivity index (χ0) is 29.3. The van der Waals surface area contributed by atoms with Gasteiger partial charge in [0, 0.05) is 49.1 Å². The van der Waals surface area contributed by atoms with Gasteiger partial charge >= 0.3 is 6.18 Å². The number of fused-ring (bicyclic) bond motifs is 2. The van der Waals surface area contributed by atoms with E-state index in [2.05, 4.69) is 9.80 Å². The molecule has 41 heavy (non-hydrogen) atoms. The third-order valence-corrected chi connectivity index (χ3v) is 9.13. The summed E-state index contributed by atoms with van der Waals surface area (Å²) in [6.45, 7) is 3.37. The van der Waals surface area contributed by atoms with Crippen LogP contribution in [0.5, 0.6) is 0 Å². The van der Waals surface area contributed by atoms with Gasteiger partial charge in [-0.2, -0.15) is 13.2 Å². The van der Waals surface area contributed by atoms with Crippen LogP contribution in [0.25, 0.3) is 0 Å². The number of alkyl halides is 3. The number of anilines is 2. The molecule has 6 atom stereocenters. The van der Waals surface area contributed by atoms with Crippen LogP contribution in [0.2, 0.25) is 0 Å². The third kappa shape index (κ3) is 6.84. The fraction of sp³-hybridized carbons (Fsp3) is 0.571. The predicted molar refractivity (Wildman–Crippen MR) is 146 cm³/mol. The Hall–Kier alpha value is -1.94. The molecule has 3 aliphatic rings. The molecule has 5 rings (SSSR count). The summed E-state index contributed by atoms with van der Waals surface area (Å²) in [6.07, 6.45) is -10.5. The van der Waals surface area contributed by atoms with Crippen molar-refractivity contribution in [2.75, 3.05) is 57.3 Å². The van der Waals surface area contributed by atoms with E-state index in [0.717, 1.165) is 22.7 Å². The van der Waals surface area contributed by atoms with Gasteiger partial charge in [-0.15, -0.1) is 0 Å². The number of halogens is 3. The third-order valence-electron chi connectivity index (χ3n) is 8.00. The molecule has 3 heterocycles. The van der Waals surface area contributed by atoms with Crippen molar-refractivity contribution >= 4 is 23.1 Å². The van der Waals surface area contributed by atoms with Crippen molar-refractivity contribution in [3.8, 4) is 0 Å². The number of aliphatic hydroxyl groups excluding tert-OH is 5. The molecule has 0 radical (unpaired) electrons. The van der Waals surface area contributed by atoms with E-state index in [9.17, 15) is 38.7 Å². The first kappa shape index (κ1) is 30.5. The number of hydrogen-bond acceptors (Lipinski definition) is 10. The highest BCUT2D eigenvalue weighted by Crippen LogP contribution is 2.49. The summed E-state index contributed by atoms with van der Waals surface area (Å²) < 4.78 is 46.1. The number of β-amino-alcohol motifs (C(OH)–C–C–N with tert-alkyl or cyclic N) is 1. The zero-order valence-electron chi connectivity index (χ0n) is 22.4. The van der Waals surface area contributed by atoms with Gasteiger partial charge in [-0.05, 0) is 36.8 Å². The van der Waals surface area contributed by atoms with E-state index in [0.29, 0.717) is 56.3 Å². The quantitative estimate of drug-likeness (QED) is 0.306. The summed E-state index contributed by atoms with van der Waals surface area (Å²) in [5, 5.41) is 50.7. The van der Waals surface area contributed by atoms with Crippen LogP contribution < -0.4 is 4.90 Å². The van der Waals surface area contributed by atoms with Crippen molar-refractivity contribution in [1.82, 2.24) is 9.80 Å². The van der Waals surface area contributed by atoms with Gasteiger partial charge in [0.2, 0.25) is 0 Å². The molecule has 0 spiro atoms. The van der Waals surface area contributed by atoms with Crippen LogP contribution in [0.4, 0.5) is 24.5 Å². The van der Waals surface area contributed by atoms with Gasteiger partial charge in [0.15, 0.2) is 0 Å². The van der Waals surface area contributed by atoms with Crippen molar-refractivity contribution in [2.24, 2.45) is 0 Å². The lowest BCUT2D eigenvalue weighted by molar-refractivity contribution is -0.230. The van der Waals surface area contributed by atoms with Crippen LogP contribution in [0.3, 0.4) is 0 Å². The maximum Gasteiger partial charge on any atom is 0.416 e. The van der Waals surface area contributed by atoms with E-state index in [1.165, 1.54) is 17.8 Å². The van der Waals surface area contributed by atoms with Crippen LogP contribution in [-0.4, -0.2) is 124 Å². The Bertz CT molecular complexity index is 1180. The van der Waals surface area contributed by atoms with Gasteiger partial charge in [0.1, 0.15) is 24.4 Å². The largest absolute Gasteiger partial charge is 0.416 e. The predicted octanol–water partition coefficient (Wildman–Crippen LogP) is 1.52.